The van der Waals surface area contributed by atoms with Crippen molar-refractivity contribution in [2.24, 2.45) is 0 Å². The van der Waals surface area contributed by atoms with Gasteiger partial charge in [-0.15, -0.1) is 0 Å². The lowest BCUT2D eigenvalue weighted by molar-refractivity contribution is -0.138. The Morgan fingerprint density at radius 1 is 1.50 bits per heavy atom. The lowest BCUT2D eigenvalue weighted by Gasteiger charge is -2.04. The number of halogens is 2. The maximum Gasteiger partial charge on any atom is 0.350 e. The highest BCUT2D eigenvalue weighted by Gasteiger charge is 2.09. The van der Waals surface area contributed by atoms with E-state index in [0.29, 0.717) is 15.7 Å². The molecule has 1 aromatic carbocycles. The van der Waals surface area contributed by atoms with Gasteiger partial charge in [-0.25, -0.2) is 4.79 Å². The van der Waals surface area contributed by atoms with Crippen LogP contribution in [0.1, 0.15) is 6.92 Å². The molecule has 0 unspecified atom stereocenters. The SMILES string of the molecule is CCOC(=O)C(C#N)=CNc1ccc(Cl)c(Cl)c1. The summed E-state index contributed by atoms with van der Waals surface area (Å²) in [6, 6.07) is 6.61. The summed E-state index contributed by atoms with van der Waals surface area (Å²) in [6.45, 7) is 1.88. The van der Waals surface area contributed by atoms with E-state index in [9.17, 15) is 4.79 Å². The van der Waals surface area contributed by atoms with E-state index in [2.05, 4.69) is 5.32 Å². The highest BCUT2D eigenvalue weighted by molar-refractivity contribution is 6.42. The normalized spacial score (nSPS) is 10.7. The van der Waals surface area contributed by atoms with Gasteiger partial charge in [0.15, 0.2) is 5.57 Å². The van der Waals surface area contributed by atoms with Gasteiger partial charge in [0.05, 0.1) is 16.7 Å². The topological polar surface area (TPSA) is 62.1 Å². The van der Waals surface area contributed by atoms with Crippen LogP contribution in [0, 0.1) is 11.3 Å². The van der Waals surface area contributed by atoms with Gasteiger partial charge in [-0.05, 0) is 25.1 Å². The van der Waals surface area contributed by atoms with Gasteiger partial charge in [0.25, 0.3) is 0 Å². The quantitative estimate of drug-likeness (QED) is 0.523. The lowest BCUT2D eigenvalue weighted by Crippen LogP contribution is -2.07. The van der Waals surface area contributed by atoms with E-state index >= 15 is 0 Å². The van der Waals surface area contributed by atoms with Crippen LogP contribution in [0.2, 0.25) is 10.0 Å². The minimum Gasteiger partial charge on any atom is -0.462 e. The number of hydrogen-bond acceptors (Lipinski definition) is 4. The maximum absolute atomic E-state index is 11.3. The van der Waals surface area contributed by atoms with Crippen molar-refractivity contribution in [1.29, 1.82) is 5.26 Å². The molecule has 6 heteroatoms. The molecule has 0 fully saturated rings. The Morgan fingerprint density at radius 3 is 2.78 bits per heavy atom. The third-order valence-electron chi connectivity index (χ3n) is 1.92. The van der Waals surface area contributed by atoms with Crippen LogP contribution in [0.5, 0.6) is 0 Å². The Balaban J connectivity index is 2.80. The molecule has 0 spiro atoms. The number of anilines is 1. The van der Waals surface area contributed by atoms with Gasteiger partial charge < -0.3 is 10.1 Å². The molecular formula is C12H10Cl2N2O2. The van der Waals surface area contributed by atoms with Crippen LogP contribution in [0.4, 0.5) is 5.69 Å². The number of nitrogens with one attached hydrogen (secondary N) is 1. The van der Waals surface area contributed by atoms with E-state index < -0.39 is 5.97 Å². The number of carbonyl (C=O) groups excluding carboxylic acids is 1. The van der Waals surface area contributed by atoms with Crippen LogP contribution in [-0.2, 0) is 9.53 Å². The molecule has 0 radical (unpaired) electrons. The van der Waals surface area contributed by atoms with Crippen LogP contribution in [0.25, 0.3) is 0 Å². The van der Waals surface area contributed by atoms with Crippen LogP contribution in [-0.4, -0.2) is 12.6 Å². The second-order valence-corrected chi connectivity index (χ2v) is 3.98. The molecule has 94 valence electrons. The number of nitriles is 1. The number of rotatable bonds is 4. The zero-order valence-corrected chi connectivity index (χ0v) is 11.0. The van der Waals surface area contributed by atoms with E-state index in [1.807, 2.05) is 0 Å². The molecule has 1 aromatic rings. The second kappa shape index (κ2) is 6.90. The van der Waals surface area contributed by atoms with Gasteiger partial charge in [0.1, 0.15) is 6.07 Å². The number of nitrogens with zero attached hydrogens (tertiary/aromatic N) is 1. The number of esters is 1. The van der Waals surface area contributed by atoms with E-state index in [-0.39, 0.29) is 12.2 Å². The van der Waals surface area contributed by atoms with E-state index in [4.69, 9.17) is 33.2 Å². The zero-order chi connectivity index (χ0) is 13.5. The van der Waals surface area contributed by atoms with Gasteiger partial charge in [0.2, 0.25) is 0 Å². The first-order valence-corrected chi connectivity index (χ1v) is 5.83. The van der Waals surface area contributed by atoms with Gasteiger partial charge in [0, 0.05) is 11.9 Å². The van der Waals surface area contributed by atoms with Crippen LogP contribution in [0.3, 0.4) is 0 Å². The molecule has 0 amide bonds. The van der Waals surface area contributed by atoms with Crippen molar-refractivity contribution in [2.75, 3.05) is 11.9 Å². The highest BCUT2D eigenvalue weighted by atomic mass is 35.5. The fourth-order valence-corrected chi connectivity index (χ4v) is 1.39. The van der Waals surface area contributed by atoms with Gasteiger partial charge in [-0.1, -0.05) is 23.2 Å². The summed E-state index contributed by atoms with van der Waals surface area (Å²) in [6.07, 6.45) is 1.26. The number of hydrogen-bond donors (Lipinski definition) is 1. The van der Waals surface area contributed by atoms with Crippen molar-refractivity contribution in [2.45, 2.75) is 6.92 Å². The molecule has 1 N–H and O–H groups in total. The minimum atomic E-state index is -0.674. The smallest absolute Gasteiger partial charge is 0.350 e. The first-order valence-electron chi connectivity index (χ1n) is 5.07. The Kier molecular flexibility index (Phi) is 5.50. The van der Waals surface area contributed by atoms with E-state index in [0.717, 1.165) is 0 Å². The fraction of sp³-hybridized carbons (Fsp3) is 0.167. The molecule has 0 bridgehead atoms. The number of benzene rings is 1. The summed E-state index contributed by atoms with van der Waals surface area (Å²) in [7, 11) is 0. The van der Waals surface area contributed by atoms with Crippen molar-refractivity contribution in [3.05, 3.63) is 40.0 Å². The maximum atomic E-state index is 11.3. The summed E-state index contributed by atoms with van der Waals surface area (Å²) < 4.78 is 4.71. The van der Waals surface area contributed by atoms with E-state index in [1.54, 1.807) is 31.2 Å². The Morgan fingerprint density at radius 2 is 2.22 bits per heavy atom. The molecule has 0 saturated carbocycles. The Bertz CT molecular complexity index is 521. The molecule has 0 aliphatic rings. The Labute approximate surface area is 115 Å². The van der Waals surface area contributed by atoms with E-state index in [1.165, 1.54) is 6.20 Å². The molecule has 0 heterocycles. The molecule has 0 aliphatic heterocycles. The average Bonchev–Trinajstić information content (AvgIpc) is 2.34. The number of ether oxygens (including phenoxy) is 1. The molecule has 18 heavy (non-hydrogen) atoms. The molecule has 1 rings (SSSR count). The van der Waals surface area contributed by atoms with Crippen molar-refractivity contribution in [3.63, 3.8) is 0 Å². The zero-order valence-electron chi connectivity index (χ0n) is 9.54. The Hall–Kier alpha value is -1.70. The molecule has 0 aliphatic carbocycles. The predicted octanol–water partition coefficient (Wildman–Crippen LogP) is 3.38. The first kappa shape index (κ1) is 14.4. The average molecular weight is 285 g/mol. The molecular weight excluding hydrogens is 275 g/mol. The molecule has 0 atom stereocenters. The molecule has 4 nitrogen and oxygen atoms in total. The van der Waals surface area contributed by atoms with Crippen molar-refractivity contribution < 1.29 is 9.53 Å². The fourth-order valence-electron chi connectivity index (χ4n) is 1.09. The van der Waals surface area contributed by atoms with Gasteiger partial charge in [-0.2, -0.15) is 5.26 Å². The van der Waals surface area contributed by atoms with Crippen LogP contribution < -0.4 is 5.32 Å². The number of carbonyl (C=O) groups is 1. The molecule has 0 aromatic heterocycles. The summed E-state index contributed by atoms with van der Waals surface area (Å²) in [5.41, 5.74) is 0.490. The van der Waals surface area contributed by atoms with Crippen LogP contribution in [0.15, 0.2) is 30.0 Å². The molecule has 0 saturated heterocycles. The first-order chi connectivity index (χ1) is 8.58. The van der Waals surface area contributed by atoms with Crippen molar-refractivity contribution >= 4 is 34.9 Å². The van der Waals surface area contributed by atoms with Crippen molar-refractivity contribution in [1.82, 2.24) is 0 Å². The highest BCUT2D eigenvalue weighted by Crippen LogP contribution is 2.25. The third kappa shape index (κ3) is 3.95. The van der Waals surface area contributed by atoms with Gasteiger partial charge >= 0.3 is 5.97 Å². The van der Waals surface area contributed by atoms with Crippen molar-refractivity contribution in [3.8, 4) is 6.07 Å². The predicted molar refractivity (Wildman–Crippen MR) is 70.4 cm³/mol. The largest absolute Gasteiger partial charge is 0.462 e. The second-order valence-electron chi connectivity index (χ2n) is 3.16. The van der Waals surface area contributed by atoms with Crippen LogP contribution >= 0.6 is 23.2 Å². The third-order valence-corrected chi connectivity index (χ3v) is 2.66. The monoisotopic (exact) mass is 284 g/mol. The lowest BCUT2D eigenvalue weighted by atomic mass is 10.3. The summed E-state index contributed by atoms with van der Waals surface area (Å²) >= 11 is 11.6. The minimum absolute atomic E-state index is 0.122. The van der Waals surface area contributed by atoms with Gasteiger partial charge in [-0.3, -0.25) is 0 Å². The summed E-state index contributed by atoms with van der Waals surface area (Å²) in [5, 5.41) is 12.4. The summed E-state index contributed by atoms with van der Waals surface area (Å²) in [5.74, 6) is -0.674. The summed E-state index contributed by atoms with van der Waals surface area (Å²) in [4.78, 5) is 11.3. The standard InChI is InChI=1S/C12H10Cl2N2O2/c1-2-18-12(17)8(6-15)7-16-9-3-4-10(13)11(14)5-9/h3-5,7,16H,2H2,1H3.